The van der Waals surface area contributed by atoms with Crippen molar-refractivity contribution < 1.29 is 9.53 Å². The van der Waals surface area contributed by atoms with Crippen LogP contribution in [0.5, 0.6) is 0 Å². The van der Waals surface area contributed by atoms with Crippen LogP contribution in [0.25, 0.3) is 0 Å². The molecule has 2 aliphatic rings. The van der Waals surface area contributed by atoms with Crippen LogP contribution in [0.2, 0.25) is 5.02 Å². The predicted molar refractivity (Wildman–Crippen MR) is 89.7 cm³/mol. The summed E-state index contributed by atoms with van der Waals surface area (Å²) in [6.07, 6.45) is 5.56. The minimum Gasteiger partial charge on any atom is -0.378 e. The molecule has 1 aromatic carbocycles. The maximum absolute atomic E-state index is 12.5. The second-order valence-electron chi connectivity index (χ2n) is 6.09. The molecule has 1 heterocycles. The molecule has 1 amide bonds. The lowest BCUT2D eigenvalue weighted by molar-refractivity contribution is -0.120. The van der Waals surface area contributed by atoms with Gasteiger partial charge in [0.25, 0.3) is 0 Å². The van der Waals surface area contributed by atoms with Gasteiger partial charge >= 0.3 is 0 Å². The van der Waals surface area contributed by atoms with Crippen LogP contribution in [0.4, 0.5) is 11.4 Å². The molecular formula is C17H23ClN2O2. The fraction of sp³-hybridized carbons (Fsp3) is 0.588. The highest BCUT2D eigenvalue weighted by atomic mass is 35.5. The second-order valence-corrected chi connectivity index (χ2v) is 6.52. The maximum Gasteiger partial charge on any atom is 0.227 e. The van der Waals surface area contributed by atoms with Gasteiger partial charge in [0.1, 0.15) is 0 Å². The van der Waals surface area contributed by atoms with E-state index in [1.165, 1.54) is 6.42 Å². The van der Waals surface area contributed by atoms with E-state index >= 15 is 0 Å². The lowest BCUT2D eigenvalue weighted by Gasteiger charge is -2.31. The summed E-state index contributed by atoms with van der Waals surface area (Å²) in [5, 5.41) is 3.76. The minimum absolute atomic E-state index is 0.136. The van der Waals surface area contributed by atoms with Crippen molar-refractivity contribution in [3.05, 3.63) is 23.2 Å². The molecule has 1 aromatic rings. The molecule has 0 aromatic heterocycles. The number of rotatable bonds is 3. The Morgan fingerprint density at radius 3 is 2.64 bits per heavy atom. The Kier molecular flexibility index (Phi) is 5.21. The molecule has 5 heteroatoms. The van der Waals surface area contributed by atoms with Crippen LogP contribution in [0.3, 0.4) is 0 Å². The fourth-order valence-electron chi connectivity index (χ4n) is 3.29. The van der Waals surface area contributed by atoms with Crippen LogP contribution >= 0.6 is 11.6 Å². The largest absolute Gasteiger partial charge is 0.378 e. The summed E-state index contributed by atoms with van der Waals surface area (Å²) in [4.78, 5) is 14.8. The number of nitrogens with zero attached hydrogens (tertiary/aromatic N) is 1. The standard InChI is InChI=1S/C17H23ClN2O2/c18-14-6-7-16(20-8-10-22-11-9-20)15(12-14)19-17(21)13-4-2-1-3-5-13/h6-7,12-13H,1-5,8-11H2,(H,19,21). The third-order valence-corrected chi connectivity index (χ3v) is 4.78. The SMILES string of the molecule is O=C(Nc1cc(Cl)ccc1N1CCOCC1)C1CCCCC1. The monoisotopic (exact) mass is 322 g/mol. The Labute approximate surface area is 136 Å². The number of halogens is 1. The number of hydrogen-bond donors (Lipinski definition) is 1. The van der Waals surface area contributed by atoms with E-state index in [0.29, 0.717) is 5.02 Å². The average Bonchev–Trinajstić information content (AvgIpc) is 2.56. The van der Waals surface area contributed by atoms with E-state index in [1.807, 2.05) is 18.2 Å². The summed E-state index contributed by atoms with van der Waals surface area (Å²) in [6.45, 7) is 3.12. The molecule has 1 saturated heterocycles. The van der Waals surface area contributed by atoms with Crippen molar-refractivity contribution in [1.29, 1.82) is 0 Å². The molecule has 1 saturated carbocycles. The first-order chi connectivity index (χ1) is 10.7. The highest BCUT2D eigenvalue weighted by Crippen LogP contribution is 2.32. The molecule has 3 rings (SSSR count). The van der Waals surface area contributed by atoms with Crippen molar-refractivity contribution in [2.24, 2.45) is 5.92 Å². The van der Waals surface area contributed by atoms with Crippen molar-refractivity contribution in [3.8, 4) is 0 Å². The lowest BCUT2D eigenvalue weighted by Crippen LogP contribution is -2.37. The number of carbonyl (C=O) groups excluding carboxylic acids is 1. The third kappa shape index (κ3) is 3.73. The topological polar surface area (TPSA) is 41.6 Å². The number of amides is 1. The summed E-state index contributed by atoms with van der Waals surface area (Å²) >= 11 is 6.13. The van der Waals surface area contributed by atoms with E-state index in [1.54, 1.807) is 0 Å². The van der Waals surface area contributed by atoms with Gasteiger partial charge in [0, 0.05) is 24.0 Å². The van der Waals surface area contributed by atoms with Crippen molar-refractivity contribution in [1.82, 2.24) is 0 Å². The van der Waals surface area contributed by atoms with Gasteiger partial charge in [-0.25, -0.2) is 0 Å². The van der Waals surface area contributed by atoms with Gasteiger partial charge in [-0.2, -0.15) is 0 Å². The Bertz CT molecular complexity index is 523. The molecular weight excluding hydrogens is 300 g/mol. The smallest absolute Gasteiger partial charge is 0.227 e. The van der Waals surface area contributed by atoms with Crippen LogP contribution < -0.4 is 10.2 Å². The number of ether oxygens (including phenoxy) is 1. The summed E-state index contributed by atoms with van der Waals surface area (Å²) < 4.78 is 5.41. The van der Waals surface area contributed by atoms with Gasteiger partial charge in [0.05, 0.1) is 24.6 Å². The van der Waals surface area contributed by atoms with E-state index in [0.717, 1.165) is 63.4 Å². The first kappa shape index (κ1) is 15.6. The van der Waals surface area contributed by atoms with Crippen LogP contribution in [0, 0.1) is 5.92 Å². The van der Waals surface area contributed by atoms with E-state index in [-0.39, 0.29) is 11.8 Å². The molecule has 4 nitrogen and oxygen atoms in total. The summed E-state index contributed by atoms with van der Waals surface area (Å²) in [5.41, 5.74) is 1.86. The maximum atomic E-state index is 12.5. The van der Waals surface area contributed by atoms with Crippen molar-refractivity contribution in [2.75, 3.05) is 36.5 Å². The third-order valence-electron chi connectivity index (χ3n) is 4.54. The Balaban J connectivity index is 1.76. The first-order valence-electron chi connectivity index (χ1n) is 8.17. The van der Waals surface area contributed by atoms with Crippen LogP contribution in [0.15, 0.2) is 18.2 Å². The normalized spacial score (nSPS) is 20.0. The predicted octanol–water partition coefficient (Wildman–Crippen LogP) is 3.70. The van der Waals surface area contributed by atoms with Gasteiger partial charge in [0.15, 0.2) is 0 Å². The van der Waals surface area contributed by atoms with Gasteiger partial charge < -0.3 is 15.0 Å². The van der Waals surface area contributed by atoms with Gasteiger partial charge in [-0.05, 0) is 31.0 Å². The number of morpholine rings is 1. The van der Waals surface area contributed by atoms with Crippen molar-refractivity contribution >= 4 is 28.9 Å². The average molecular weight is 323 g/mol. The Morgan fingerprint density at radius 1 is 1.18 bits per heavy atom. The summed E-state index contributed by atoms with van der Waals surface area (Å²) in [5.74, 6) is 0.279. The molecule has 22 heavy (non-hydrogen) atoms. The molecule has 1 aliphatic heterocycles. The van der Waals surface area contributed by atoms with Gasteiger partial charge in [-0.3, -0.25) is 4.79 Å². The molecule has 1 aliphatic carbocycles. The molecule has 2 fully saturated rings. The van der Waals surface area contributed by atoms with Crippen LogP contribution in [-0.4, -0.2) is 32.2 Å². The van der Waals surface area contributed by atoms with Crippen molar-refractivity contribution in [3.63, 3.8) is 0 Å². The highest BCUT2D eigenvalue weighted by molar-refractivity contribution is 6.31. The Morgan fingerprint density at radius 2 is 1.91 bits per heavy atom. The second kappa shape index (κ2) is 7.34. The van der Waals surface area contributed by atoms with Crippen LogP contribution in [0.1, 0.15) is 32.1 Å². The molecule has 0 radical (unpaired) electrons. The van der Waals surface area contributed by atoms with Gasteiger partial charge in [-0.15, -0.1) is 0 Å². The number of anilines is 2. The van der Waals surface area contributed by atoms with Gasteiger partial charge in [0.2, 0.25) is 5.91 Å². The molecule has 120 valence electrons. The number of carbonyl (C=O) groups is 1. The fourth-order valence-corrected chi connectivity index (χ4v) is 3.46. The zero-order chi connectivity index (χ0) is 15.4. The van der Waals surface area contributed by atoms with Crippen LogP contribution in [-0.2, 0) is 9.53 Å². The summed E-state index contributed by atoms with van der Waals surface area (Å²) in [7, 11) is 0. The first-order valence-corrected chi connectivity index (χ1v) is 8.55. The molecule has 0 atom stereocenters. The van der Waals surface area contributed by atoms with Crippen molar-refractivity contribution in [2.45, 2.75) is 32.1 Å². The number of nitrogens with one attached hydrogen (secondary N) is 1. The van der Waals surface area contributed by atoms with E-state index in [4.69, 9.17) is 16.3 Å². The lowest BCUT2D eigenvalue weighted by atomic mass is 9.88. The Hall–Kier alpha value is -1.26. The minimum atomic E-state index is 0.136. The van der Waals surface area contributed by atoms with Gasteiger partial charge in [-0.1, -0.05) is 30.9 Å². The number of hydrogen-bond acceptors (Lipinski definition) is 3. The molecule has 0 unspecified atom stereocenters. The quantitative estimate of drug-likeness (QED) is 0.922. The molecule has 0 bridgehead atoms. The molecule has 1 N–H and O–H groups in total. The number of benzene rings is 1. The zero-order valence-corrected chi connectivity index (χ0v) is 13.6. The van der Waals surface area contributed by atoms with E-state index < -0.39 is 0 Å². The summed E-state index contributed by atoms with van der Waals surface area (Å²) in [6, 6.07) is 5.72. The molecule has 0 spiro atoms. The zero-order valence-electron chi connectivity index (χ0n) is 12.8. The van der Waals surface area contributed by atoms with E-state index in [9.17, 15) is 4.79 Å². The highest BCUT2D eigenvalue weighted by Gasteiger charge is 2.23. The van der Waals surface area contributed by atoms with E-state index in [2.05, 4.69) is 10.2 Å².